The molecular formula is C20H24N2O7. The van der Waals surface area contributed by atoms with Gasteiger partial charge in [-0.15, -0.1) is 0 Å². The lowest BCUT2D eigenvalue weighted by atomic mass is 9.91. The minimum atomic E-state index is -0.797. The van der Waals surface area contributed by atoms with Gasteiger partial charge in [-0.3, -0.25) is 9.59 Å². The molecule has 0 spiro atoms. The maximum absolute atomic E-state index is 12.8. The Morgan fingerprint density at radius 2 is 1.83 bits per heavy atom. The number of ether oxygens (including phenoxy) is 2. The standard InChI is InChI=1S/C20H24N2O7/c1-20(2,3)28-19(26)21-10-15(12-8-9-27-11-12)18(25)29-22-16(23)13-6-4-5-7-14(13)17(22)24/h4-7,12,15H,8-11H2,1-3H3,(H,21,26). The molecule has 2 aliphatic heterocycles. The summed E-state index contributed by atoms with van der Waals surface area (Å²) in [5.41, 5.74) is -0.327. The van der Waals surface area contributed by atoms with Gasteiger partial charge in [0.1, 0.15) is 5.60 Å². The van der Waals surface area contributed by atoms with Gasteiger partial charge in [-0.1, -0.05) is 17.2 Å². The van der Waals surface area contributed by atoms with Gasteiger partial charge in [0, 0.05) is 13.2 Å². The summed E-state index contributed by atoms with van der Waals surface area (Å²) in [6.45, 7) is 5.92. The molecule has 9 heteroatoms. The molecule has 1 aromatic carbocycles. The van der Waals surface area contributed by atoms with Crippen LogP contribution >= 0.6 is 0 Å². The molecule has 2 aliphatic rings. The number of fused-ring (bicyclic) bond motifs is 1. The average molecular weight is 404 g/mol. The monoisotopic (exact) mass is 404 g/mol. The van der Waals surface area contributed by atoms with E-state index >= 15 is 0 Å². The van der Waals surface area contributed by atoms with Crippen molar-refractivity contribution in [3.8, 4) is 0 Å². The molecule has 3 rings (SSSR count). The van der Waals surface area contributed by atoms with Crippen LogP contribution in [0.2, 0.25) is 0 Å². The summed E-state index contributed by atoms with van der Waals surface area (Å²) in [6, 6.07) is 6.24. The molecule has 2 unspecified atom stereocenters. The fourth-order valence-corrected chi connectivity index (χ4v) is 3.23. The third kappa shape index (κ3) is 4.73. The molecule has 1 aromatic rings. The Kier molecular flexibility index (Phi) is 5.88. The number of hydrogen-bond acceptors (Lipinski definition) is 7. The molecule has 0 aromatic heterocycles. The topological polar surface area (TPSA) is 111 Å². The maximum Gasteiger partial charge on any atom is 0.407 e. The first kappa shape index (κ1) is 20.8. The van der Waals surface area contributed by atoms with E-state index in [0.29, 0.717) is 24.7 Å². The van der Waals surface area contributed by atoms with E-state index in [1.807, 2.05) is 0 Å². The van der Waals surface area contributed by atoms with Crippen molar-refractivity contribution in [2.75, 3.05) is 19.8 Å². The summed E-state index contributed by atoms with van der Waals surface area (Å²) in [4.78, 5) is 54.8. The Hall–Kier alpha value is -2.94. The molecule has 1 fully saturated rings. The Balaban J connectivity index is 1.68. The fourth-order valence-electron chi connectivity index (χ4n) is 3.23. The molecule has 9 nitrogen and oxygen atoms in total. The number of rotatable bonds is 5. The Labute approximate surface area is 168 Å². The molecule has 1 N–H and O–H groups in total. The smallest absolute Gasteiger partial charge is 0.407 e. The van der Waals surface area contributed by atoms with Crippen molar-refractivity contribution >= 4 is 23.9 Å². The molecule has 29 heavy (non-hydrogen) atoms. The highest BCUT2D eigenvalue weighted by Crippen LogP contribution is 2.27. The zero-order valence-electron chi connectivity index (χ0n) is 16.6. The molecule has 1 saturated heterocycles. The molecule has 2 atom stereocenters. The lowest BCUT2D eigenvalue weighted by molar-refractivity contribution is -0.175. The van der Waals surface area contributed by atoms with Crippen molar-refractivity contribution in [2.24, 2.45) is 11.8 Å². The van der Waals surface area contributed by atoms with Crippen LogP contribution in [0.15, 0.2) is 24.3 Å². The number of imide groups is 1. The van der Waals surface area contributed by atoms with Gasteiger partial charge in [0.15, 0.2) is 0 Å². The van der Waals surface area contributed by atoms with Crippen molar-refractivity contribution in [1.82, 2.24) is 10.4 Å². The van der Waals surface area contributed by atoms with Crippen LogP contribution in [0.4, 0.5) is 4.79 Å². The first-order valence-electron chi connectivity index (χ1n) is 9.41. The van der Waals surface area contributed by atoms with Gasteiger partial charge in [-0.05, 0) is 45.2 Å². The van der Waals surface area contributed by atoms with Crippen molar-refractivity contribution in [3.63, 3.8) is 0 Å². The highest BCUT2D eigenvalue weighted by Gasteiger charge is 2.41. The van der Waals surface area contributed by atoms with Gasteiger partial charge < -0.3 is 19.6 Å². The number of hydrogen-bond donors (Lipinski definition) is 1. The van der Waals surface area contributed by atoms with Gasteiger partial charge in [0.2, 0.25) is 0 Å². The number of nitrogens with zero attached hydrogens (tertiary/aromatic N) is 1. The fraction of sp³-hybridized carbons (Fsp3) is 0.500. The third-order valence-electron chi connectivity index (χ3n) is 4.64. The van der Waals surface area contributed by atoms with Crippen molar-refractivity contribution in [1.29, 1.82) is 0 Å². The van der Waals surface area contributed by atoms with E-state index in [1.165, 1.54) is 12.1 Å². The van der Waals surface area contributed by atoms with Crippen LogP contribution in [0.1, 0.15) is 47.9 Å². The van der Waals surface area contributed by atoms with Crippen LogP contribution in [-0.2, 0) is 19.1 Å². The highest BCUT2D eigenvalue weighted by atomic mass is 16.7. The third-order valence-corrected chi connectivity index (χ3v) is 4.64. The van der Waals surface area contributed by atoms with E-state index in [1.54, 1.807) is 32.9 Å². The number of amides is 3. The highest BCUT2D eigenvalue weighted by molar-refractivity contribution is 6.20. The van der Waals surface area contributed by atoms with E-state index in [2.05, 4.69) is 5.32 Å². The lowest BCUT2D eigenvalue weighted by Crippen LogP contribution is -2.43. The van der Waals surface area contributed by atoms with E-state index in [4.69, 9.17) is 14.3 Å². The molecular weight excluding hydrogens is 380 g/mol. The van der Waals surface area contributed by atoms with Crippen LogP contribution in [0.25, 0.3) is 0 Å². The van der Waals surface area contributed by atoms with E-state index < -0.39 is 35.4 Å². The largest absolute Gasteiger partial charge is 0.444 e. The normalized spacial score (nSPS) is 19.7. The van der Waals surface area contributed by atoms with Gasteiger partial charge in [-0.25, -0.2) is 9.59 Å². The number of benzene rings is 1. The van der Waals surface area contributed by atoms with Crippen molar-refractivity contribution < 1.29 is 33.5 Å². The van der Waals surface area contributed by atoms with E-state index in [0.717, 1.165) is 0 Å². The lowest BCUT2D eigenvalue weighted by Gasteiger charge is -2.24. The Morgan fingerprint density at radius 1 is 1.21 bits per heavy atom. The van der Waals surface area contributed by atoms with Crippen LogP contribution in [0, 0.1) is 11.8 Å². The second kappa shape index (κ2) is 8.20. The van der Waals surface area contributed by atoms with Crippen LogP contribution in [0.3, 0.4) is 0 Å². The first-order chi connectivity index (χ1) is 13.7. The molecule has 0 aliphatic carbocycles. The SMILES string of the molecule is CC(C)(C)OC(=O)NCC(C(=O)ON1C(=O)c2ccccc2C1=O)C1CCOC1. The molecule has 0 radical (unpaired) electrons. The van der Waals surface area contributed by atoms with Gasteiger partial charge in [-0.2, -0.15) is 0 Å². The van der Waals surface area contributed by atoms with Gasteiger partial charge in [0.25, 0.3) is 11.8 Å². The number of alkyl carbamates (subject to hydrolysis) is 1. The van der Waals surface area contributed by atoms with Gasteiger partial charge in [0.05, 0.1) is 23.7 Å². The zero-order chi connectivity index (χ0) is 21.2. The summed E-state index contributed by atoms with van der Waals surface area (Å²) in [5.74, 6) is -3.19. The number of nitrogens with one attached hydrogen (secondary N) is 1. The minimum Gasteiger partial charge on any atom is -0.444 e. The summed E-state index contributed by atoms with van der Waals surface area (Å²) in [7, 11) is 0. The number of hydroxylamine groups is 2. The summed E-state index contributed by atoms with van der Waals surface area (Å²) in [5, 5.41) is 3.03. The predicted octanol–water partition coefficient (Wildman–Crippen LogP) is 1.92. The van der Waals surface area contributed by atoms with E-state index in [9.17, 15) is 19.2 Å². The van der Waals surface area contributed by atoms with Crippen molar-refractivity contribution in [3.05, 3.63) is 35.4 Å². The van der Waals surface area contributed by atoms with Gasteiger partial charge >= 0.3 is 12.1 Å². The quantitative estimate of drug-likeness (QED) is 0.746. The molecule has 3 amide bonds. The number of carbonyl (C=O) groups excluding carboxylic acids is 4. The zero-order valence-corrected chi connectivity index (χ0v) is 16.6. The first-order valence-corrected chi connectivity index (χ1v) is 9.41. The molecule has 0 bridgehead atoms. The second-order valence-electron chi connectivity index (χ2n) is 7.97. The Bertz CT molecular complexity index is 789. The second-order valence-corrected chi connectivity index (χ2v) is 7.97. The maximum atomic E-state index is 12.8. The molecule has 156 valence electrons. The van der Waals surface area contributed by atoms with Crippen LogP contribution in [0.5, 0.6) is 0 Å². The van der Waals surface area contributed by atoms with E-state index in [-0.39, 0.29) is 23.6 Å². The average Bonchev–Trinajstić information content (AvgIpc) is 3.25. The molecule has 0 saturated carbocycles. The summed E-state index contributed by atoms with van der Waals surface area (Å²) >= 11 is 0. The van der Waals surface area contributed by atoms with Crippen LogP contribution in [-0.4, -0.2) is 54.3 Å². The minimum absolute atomic E-state index is 0.0645. The number of carbonyl (C=O) groups is 4. The predicted molar refractivity (Wildman–Crippen MR) is 99.7 cm³/mol. The Morgan fingerprint density at radius 3 is 2.34 bits per heavy atom. The molecule has 2 heterocycles. The van der Waals surface area contributed by atoms with Crippen LogP contribution < -0.4 is 5.32 Å². The summed E-state index contributed by atoms with van der Waals surface area (Å²) in [6.07, 6.45) is -0.0762. The summed E-state index contributed by atoms with van der Waals surface area (Å²) < 4.78 is 10.5. The van der Waals surface area contributed by atoms with Crippen molar-refractivity contribution in [2.45, 2.75) is 32.8 Å².